The van der Waals surface area contributed by atoms with Gasteiger partial charge in [-0.1, -0.05) is 30.3 Å². The molecule has 0 atom stereocenters. The fourth-order valence-corrected chi connectivity index (χ4v) is 2.33. The minimum absolute atomic E-state index is 0.00374. The first kappa shape index (κ1) is 19.6. The van der Waals surface area contributed by atoms with Crippen LogP contribution in [0.15, 0.2) is 48.5 Å². The maximum atomic E-state index is 13.4. The standard InChI is InChI=1S/C18H12F6O2/c1-26-16(25)9-7-11-6-8-13(15(10-11)18(22,23)24)12-4-2-3-5-14(12)17(19,20)21/h2-10H,1H3. The summed E-state index contributed by atoms with van der Waals surface area (Å²) >= 11 is 0. The SMILES string of the molecule is COC(=O)C=Cc1ccc(-c2ccccc2C(F)(F)F)c(C(F)(F)F)c1. The quantitative estimate of drug-likeness (QED) is 0.398. The third kappa shape index (κ3) is 4.44. The van der Waals surface area contributed by atoms with Crippen molar-refractivity contribution in [3.63, 3.8) is 0 Å². The Bertz CT molecular complexity index is 834. The molecule has 0 aliphatic carbocycles. The molecule has 0 bridgehead atoms. The summed E-state index contributed by atoms with van der Waals surface area (Å²) in [6.45, 7) is 0. The lowest BCUT2D eigenvalue weighted by Gasteiger charge is -2.18. The molecule has 138 valence electrons. The molecule has 0 saturated heterocycles. The Balaban J connectivity index is 2.64. The zero-order valence-corrected chi connectivity index (χ0v) is 13.3. The van der Waals surface area contributed by atoms with Gasteiger partial charge in [0.05, 0.1) is 18.2 Å². The first-order valence-corrected chi connectivity index (χ1v) is 7.18. The van der Waals surface area contributed by atoms with Gasteiger partial charge in [-0.2, -0.15) is 26.3 Å². The largest absolute Gasteiger partial charge is 0.466 e. The van der Waals surface area contributed by atoms with Crippen molar-refractivity contribution in [2.24, 2.45) is 0 Å². The Hall–Kier alpha value is -2.77. The van der Waals surface area contributed by atoms with E-state index in [0.717, 1.165) is 43.5 Å². The van der Waals surface area contributed by atoms with E-state index in [0.29, 0.717) is 6.07 Å². The van der Waals surface area contributed by atoms with Gasteiger partial charge in [-0.3, -0.25) is 0 Å². The van der Waals surface area contributed by atoms with Gasteiger partial charge in [0.2, 0.25) is 0 Å². The highest BCUT2D eigenvalue weighted by Gasteiger charge is 2.38. The first-order valence-electron chi connectivity index (χ1n) is 7.18. The normalized spacial score (nSPS) is 12.4. The molecule has 0 amide bonds. The lowest BCUT2D eigenvalue weighted by molar-refractivity contribution is -0.139. The smallest absolute Gasteiger partial charge is 0.417 e. The lowest BCUT2D eigenvalue weighted by atomic mass is 9.93. The van der Waals surface area contributed by atoms with Crippen molar-refractivity contribution in [3.8, 4) is 11.1 Å². The van der Waals surface area contributed by atoms with E-state index in [1.807, 2.05) is 0 Å². The molecule has 0 saturated carbocycles. The molecule has 0 radical (unpaired) electrons. The Labute approximate surface area is 144 Å². The van der Waals surface area contributed by atoms with E-state index < -0.39 is 40.6 Å². The van der Waals surface area contributed by atoms with E-state index in [4.69, 9.17) is 0 Å². The molecule has 2 nitrogen and oxygen atoms in total. The van der Waals surface area contributed by atoms with Gasteiger partial charge in [0.1, 0.15) is 0 Å². The molecule has 2 aromatic rings. The minimum atomic E-state index is -4.89. The summed E-state index contributed by atoms with van der Waals surface area (Å²) in [5, 5.41) is 0. The number of alkyl halides is 6. The van der Waals surface area contributed by atoms with E-state index in [1.165, 1.54) is 12.1 Å². The number of ether oxygens (including phenoxy) is 1. The van der Waals surface area contributed by atoms with Gasteiger partial charge < -0.3 is 4.74 Å². The van der Waals surface area contributed by atoms with E-state index in [1.54, 1.807) is 0 Å². The maximum absolute atomic E-state index is 13.4. The summed E-state index contributed by atoms with van der Waals surface area (Å²) in [4.78, 5) is 11.1. The number of carbonyl (C=O) groups is 1. The molecule has 0 aliphatic heterocycles. The first-order chi connectivity index (χ1) is 12.0. The summed E-state index contributed by atoms with van der Waals surface area (Å²) in [6.07, 6.45) is -7.69. The molecule has 0 N–H and O–H groups in total. The number of hydrogen-bond acceptors (Lipinski definition) is 2. The molecule has 0 heterocycles. The van der Waals surface area contributed by atoms with Crippen molar-refractivity contribution >= 4 is 12.0 Å². The second-order valence-corrected chi connectivity index (χ2v) is 5.20. The van der Waals surface area contributed by atoms with E-state index >= 15 is 0 Å². The van der Waals surface area contributed by atoms with Crippen molar-refractivity contribution < 1.29 is 35.9 Å². The van der Waals surface area contributed by atoms with Gasteiger partial charge in [0, 0.05) is 6.08 Å². The Morgan fingerprint density at radius 2 is 1.46 bits per heavy atom. The second kappa shape index (κ2) is 7.23. The summed E-state index contributed by atoms with van der Waals surface area (Å²) in [5.74, 6) is -0.773. The minimum Gasteiger partial charge on any atom is -0.466 e. The van der Waals surface area contributed by atoms with E-state index in [9.17, 15) is 31.1 Å². The van der Waals surface area contributed by atoms with Crippen LogP contribution in [-0.2, 0) is 21.9 Å². The molecule has 0 spiro atoms. The van der Waals surface area contributed by atoms with Gasteiger partial charge in [-0.15, -0.1) is 0 Å². The highest BCUT2D eigenvalue weighted by Crippen LogP contribution is 2.42. The topological polar surface area (TPSA) is 26.3 Å². The predicted molar refractivity (Wildman–Crippen MR) is 82.9 cm³/mol. The fraction of sp³-hybridized carbons (Fsp3) is 0.167. The van der Waals surface area contributed by atoms with Crippen molar-refractivity contribution in [1.82, 2.24) is 0 Å². The van der Waals surface area contributed by atoms with Gasteiger partial charge in [-0.25, -0.2) is 4.79 Å². The number of carbonyl (C=O) groups excluding carboxylic acids is 1. The van der Waals surface area contributed by atoms with Crippen LogP contribution in [0.3, 0.4) is 0 Å². The lowest BCUT2D eigenvalue weighted by Crippen LogP contribution is -2.11. The predicted octanol–water partition coefficient (Wildman–Crippen LogP) is 5.58. The average molecular weight is 374 g/mol. The van der Waals surface area contributed by atoms with E-state index in [2.05, 4.69) is 4.74 Å². The van der Waals surface area contributed by atoms with Crippen LogP contribution < -0.4 is 0 Å². The zero-order valence-electron chi connectivity index (χ0n) is 13.3. The maximum Gasteiger partial charge on any atom is 0.417 e. The Morgan fingerprint density at radius 3 is 2.04 bits per heavy atom. The molecule has 0 unspecified atom stereocenters. The zero-order chi connectivity index (χ0) is 19.5. The summed E-state index contributed by atoms with van der Waals surface area (Å²) in [6, 6.07) is 6.87. The van der Waals surface area contributed by atoms with Crippen molar-refractivity contribution in [1.29, 1.82) is 0 Å². The monoisotopic (exact) mass is 374 g/mol. The number of hydrogen-bond donors (Lipinski definition) is 0. The van der Waals surface area contributed by atoms with Crippen LogP contribution in [-0.4, -0.2) is 13.1 Å². The van der Waals surface area contributed by atoms with Crippen LogP contribution in [0.4, 0.5) is 26.3 Å². The van der Waals surface area contributed by atoms with Crippen LogP contribution in [0.2, 0.25) is 0 Å². The third-order valence-corrected chi connectivity index (χ3v) is 3.48. The Kier molecular flexibility index (Phi) is 5.44. The van der Waals surface area contributed by atoms with Crippen LogP contribution in [0.1, 0.15) is 16.7 Å². The van der Waals surface area contributed by atoms with Crippen molar-refractivity contribution in [3.05, 3.63) is 65.2 Å². The van der Waals surface area contributed by atoms with E-state index in [-0.39, 0.29) is 5.56 Å². The van der Waals surface area contributed by atoms with Crippen LogP contribution >= 0.6 is 0 Å². The number of rotatable bonds is 3. The summed E-state index contributed by atoms with van der Waals surface area (Å²) < 4.78 is 84.0. The number of benzene rings is 2. The van der Waals surface area contributed by atoms with Crippen molar-refractivity contribution in [2.75, 3.05) is 7.11 Å². The number of esters is 1. The highest BCUT2D eigenvalue weighted by molar-refractivity contribution is 5.87. The van der Waals surface area contributed by atoms with Gasteiger partial charge in [0.15, 0.2) is 0 Å². The highest BCUT2D eigenvalue weighted by atomic mass is 19.4. The van der Waals surface area contributed by atoms with Gasteiger partial charge in [-0.05, 0) is 34.9 Å². The molecule has 2 rings (SSSR count). The molecule has 0 aromatic heterocycles. The molecule has 2 aromatic carbocycles. The summed E-state index contributed by atoms with van der Waals surface area (Å²) in [7, 11) is 1.10. The fourth-order valence-electron chi connectivity index (χ4n) is 2.33. The second-order valence-electron chi connectivity index (χ2n) is 5.20. The van der Waals surface area contributed by atoms with Crippen LogP contribution in [0.25, 0.3) is 17.2 Å². The van der Waals surface area contributed by atoms with Crippen LogP contribution in [0.5, 0.6) is 0 Å². The molecule has 26 heavy (non-hydrogen) atoms. The number of methoxy groups -OCH3 is 1. The van der Waals surface area contributed by atoms with Gasteiger partial charge in [0.25, 0.3) is 0 Å². The molecule has 8 heteroatoms. The van der Waals surface area contributed by atoms with Gasteiger partial charge >= 0.3 is 18.3 Å². The number of halogens is 6. The summed E-state index contributed by atoms with van der Waals surface area (Å²) in [5.41, 5.74) is -3.57. The molecule has 0 aliphatic rings. The molecule has 0 fully saturated rings. The average Bonchev–Trinajstić information content (AvgIpc) is 2.58. The van der Waals surface area contributed by atoms with Crippen LogP contribution in [0, 0.1) is 0 Å². The third-order valence-electron chi connectivity index (χ3n) is 3.48. The van der Waals surface area contributed by atoms with Crippen molar-refractivity contribution in [2.45, 2.75) is 12.4 Å². The Morgan fingerprint density at radius 1 is 0.885 bits per heavy atom. The molecular weight excluding hydrogens is 362 g/mol. The molecular formula is C18H12F6O2.